The van der Waals surface area contributed by atoms with Gasteiger partial charge in [-0.15, -0.1) is 35.3 Å². The minimum atomic E-state index is 0. The summed E-state index contributed by atoms with van der Waals surface area (Å²) >= 11 is 1.65. The Morgan fingerprint density at radius 1 is 1.39 bits per heavy atom. The van der Waals surface area contributed by atoms with Crippen molar-refractivity contribution in [3.8, 4) is 0 Å². The zero-order chi connectivity index (χ0) is 16.4. The molecule has 0 spiro atoms. The lowest BCUT2D eigenvalue weighted by molar-refractivity contribution is -0.120. The van der Waals surface area contributed by atoms with E-state index < -0.39 is 0 Å². The van der Waals surface area contributed by atoms with Crippen molar-refractivity contribution in [2.75, 3.05) is 26.7 Å². The van der Waals surface area contributed by atoms with Crippen LogP contribution in [0, 0.1) is 6.92 Å². The number of nitrogens with zero attached hydrogens (tertiary/aromatic N) is 3. The number of carbonyl (C=O) groups is 1. The van der Waals surface area contributed by atoms with Crippen LogP contribution in [0.25, 0.3) is 0 Å². The predicted octanol–water partition coefficient (Wildman–Crippen LogP) is 2.38. The van der Waals surface area contributed by atoms with E-state index in [1.165, 1.54) is 0 Å². The Kier molecular flexibility index (Phi) is 12.0. The molecule has 2 N–H and O–H groups in total. The maximum atomic E-state index is 11.6. The van der Waals surface area contributed by atoms with Gasteiger partial charge in [-0.25, -0.2) is 4.98 Å². The highest BCUT2D eigenvalue weighted by molar-refractivity contribution is 14.0. The van der Waals surface area contributed by atoms with Crippen molar-refractivity contribution in [2.45, 2.75) is 40.2 Å². The highest BCUT2D eigenvalue weighted by Crippen LogP contribution is 2.09. The molecular formula is C15H28IN5OS. The summed E-state index contributed by atoms with van der Waals surface area (Å²) in [7, 11) is 1.98. The lowest BCUT2D eigenvalue weighted by atomic mass is 10.4. The number of aromatic nitrogens is 1. The predicted molar refractivity (Wildman–Crippen MR) is 108 cm³/mol. The number of halogens is 1. The Morgan fingerprint density at radius 3 is 2.70 bits per heavy atom. The molecule has 1 aromatic heterocycles. The Hall–Kier alpha value is -0.900. The van der Waals surface area contributed by atoms with E-state index in [-0.39, 0.29) is 29.9 Å². The summed E-state index contributed by atoms with van der Waals surface area (Å²) in [6.45, 7) is 8.78. The molecular weight excluding hydrogens is 425 g/mol. The van der Waals surface area contributed by atoms with E-state index in [1.54, 1.807) is 11.3 Å². The first-order valence-corrected chi connectivity index (χ1v) is 8.61. The zero-order valence-electron chi connectivity index (χ0n) is 14.4. The largest absolute Gasteiger partial charge is 0.357 e. The molecule has 23 heavy (non-hydrogen) atoms. The van der Waals surface area contributed by atoms with E-state index in [2.05, 4.69) is 26.0 Å². The molecule has 0 bridgehead atoms. The number of rotatable bonds is 8. The maximum absolute atomic E-state index is 11.6. The molecule has 0 aliphatic rings. The minimum Gasteiger partial charge on any atom is -0.357 e. The summed E-state index contributed by atoms with van der Waals surface area (Å²) in [6.07, 6.45) is 1.37. The van der Waals surface area contributed by atoms with E-state index in [1.807, 2.05) is 32.7 Å². The summed E-state index contributed by atoms with van der Waals surface area (Å²) < 4.78 is 0. The van der Waals surface area contributed by atoms with Crippen LogP contribution < -0.4 is 10.6 Å². The van der Waals surface area contributed by atoms with Gasteiger partial charge in [0.2, 0.25) is 5.91 Å². The van der Waals surface area contributed by atoms with Gasteiger partial charge in [-0.2, -0.15) is 0 Å². The summed E-state index contributed by atoms with van der Waals surface area (Å²) in [5, 5.41) is 9.24. The Labute approximate surface area is 160 Å². The number of thiazole rings is 1. The van der Waals surface area contributed by atoms with E-state index in [9.17, 15) is 4.79 Å². The van der Waals surface area contributed by atoms with Gasteiger partial charge in [0.1, 0.15) is 0 Å². The third-order valence-electron chi connectivity index (χ3n) is 2.93. The van der Waals surface area contributed by atoms with E-state index in [0.717, 1.165) is 36.2 Å². The van der Waals surface area contributed by atoms with Crippen molar-refractivity contribution in [3.63, 3.8) is 0 Å². The van der Waals surface area contributed by atoms with Crippen LogP contribution in [0.4, 0.5) is 0 Å². The van der Waals surface area contributed by atoms with Crippen LogP contribution >= 0.6 is 35.3 Å². The molecule has 0 radical (unpaired) electrons. The van der Waals surface area contributed by atoms with Crippen molar-refractivity contribution in [2.24, 2.45) is 4.99 Å². The standard InChI is InChI=1S/C15H27N5OS.HI/c1-5-8-17-14(21)7-9-18-15(16-6-2)20(4)10-13-11-22-12(3)19-13;/h11H,5-10H2,1-4H3,(H,16,18)(H,17,21);1H. The van der Waals surface area contributed by atoms with Gasteiger partial charge >= 0.3 is 0 Å². The molecule has 6 nitrogen and oxygen atoms in total. The SMILES string of the molecule is CCCNC(=O)CCN=C(NCC)N(C)Cc1csc(C)n1.I. The van der Waals surface area contributed by atoms with Gasteiger partial charge in [0.15, 0.2) is 5.96 Å². The maximum Gasteiger partial charge on any atom is 0.221 e. The first-order valence-electron chi connectivity index (χ1n) is 7.74. The number of carbonyl (C=O) groups excluding carboxylic acids is 1. The Balaban J connectivity index is 0.00000484. The third kappa shape index (κ3) is 9.09. The van der Waals surface area contributed by atoms with Gasteiger partial charge in [0.25, 0.3) is 0 Å². The quantitative estimate of drug-likeness (QED) is 0.360. The van der Waals surface area contributed by atoms with Gasteiger partial charge in [-0.1, -0.05) is 6.92 Å². The van der Waals surface area contributed by atoms with Crippen LogP contribution in [0.5, 0.6) is 0 Å². The number of hydrogen-bond donors (Lipinski definition) is 2. The van der Waals surface area contributed by atoms with Crippen LogP contribution in [0.2, 0.25) is 0 Å². The second-order valence-electron chi connectivity index (χ2n) is 5.05. The van der Waals surface area contributed by atoms with Crippen LogP contribution in [-0.4, -0.2) is 48.4 Å². The van der Waals surface area contributed by atoms with Crippen molar-refractivity contribution in [1.29, 1.82) is 0 Å². The van der Waals surface area contributed by atoms with Crippen molar-refractivity contribution in [1.82, 2.24) is 20.5 Å². The summed E-state index contributed by atoms with van der Waals surface area (Å²) in [5.74, 6) is 0.857. The second kappa shape index (κ2) is 12.5. The van der Waals surface area contributed by atoms with Crippen LogP contribution in [0.3, 0.4) is 0 Å². The molecule has 1 amide bonds. The number of nitrogens with one attached hydrogen (secondary N) is 2. The Bertz CT molecular complexity index is 492. The summed E-state index contributed by atoms with van der Waals surface area (Å²) in [6, 6.07) is 0. The van der Waals surface area contributed by atoms with E-state index in [0.29, 0.717) is 19.5 Å². The molecule has 0 aromatic carbocycles. The topological polar surface area (TPSA) is 69.6 Å². The van der Waals surface area contributed by atoms with E-state index in [4.69, 9.17) is 0 Å². The average molecular weight is 453 g/mol. The molecule has 1 aromatic rings. The lowest BCUT2D eigenvalue weighted by Crippen LogP contribution is -2.38. The third-order valence-corrected chi connectivity index (χ3v) is 3.76. The first kappa shape index (κ1) is 22.1. The van der Waals surface area contributed by atoms with Crippen molar-refractivity contribution < 1.29 is 4.79 Å². The fraction of sp³-hybridized carbons (Fsp3) is 0.667. The molecule has 0 atom stereocenters. The minimum absolute atomic E-state index is 0. The monoisotopic (exact) mass is 453 g/mol. The molecule has 0 saturated heterocycles. The molecule has 0 aliphatic heterocycles. The van der Waals surface area contributed by atoms with Gasteiger partial charge in [-0.3, -0.25) is 9.79 Å². The zero-order valence-corrected chi connectivity index (χ0v) is 17.5. The number of amides is 1. The van der Waals surface area contributed by atoms with Gasteiger partial charge in [0.05, 0.1) is 23.8 Å². The highest BCUT2D eigenvalue weighted by atomic mass is 127. The lowest BCUT2D eigenvalue weighted by Gasteiger charge is -2.21. The van der Waals surface area contributed by atoms with Crippen LogP contribution in [0.1, 0.15) is 37.4 Å². The summed E-state index contributed by atoms with van der Waals surface area (Å²) in [5.41, 5.74) is 1.04. The molecule has 8 heteroatoms. The van der Waals surface area contributed by atoms with E-state index >= 15 is 0 Å². The second-order valence-corrected chi connectivity index (χ2v) is 6.11. The fourth-order valence-corrected chi connectivity index (χ4v) is 2.49. The molecule has 1 rings (SSSR count). The molecule has 132 valence electrons. The summed E-state index contributed by atoms with van der Waals surface area (Å²) in [4.78, 5) is 22.6. The van der Waals surface area contributed by atoms with Crippen LogP contribution in [0.15, 0.2) is 10.4 Å². The number of aliphatic imine (C=N–C) groups is 1. The first-order chi connectivity index (χ1) is 10.6. The highest BCUT2D eigenvalue weighted by Gasteiger charge is 2.09. The Morgan fingerprint density at radius 2 is 2.13 bits per heavy atom. The molecule has 0 unspecified atom stereocenters. The van der Waals surface area contributed by atoms with Gasteiger partial charge < -0.3 is 15.5 Å². The number of hydrogen-bond acceptors (Lipinski definition) is 4. The molecule has 0 saturated carbocycles. The van der Waals surface area contributed by atoms with Crippen molar-refractivity contribution >= 4 is 47.2 Å². The molecule has 0 aliphatic carbocycles. The van der Waals surface area contributed by atoms with Gasteiger partial charge in [-0.05, 0) is 20.3 Å². The number of aryl methyl sites for hydroxylation is 1. The fourth-order valence-electron chi connectivity index (χ4n) is 1.88. The average Bonchev–Trinajstić information content (AvgIpc) is 2.89. The molecule has 0 fully saturated rings. The van der Waals surface area contributed by atoms with Crippen molar-refractivity contribution in [3.05, 3.63) is 16.1 Å². The van der Waals surface area contributed by atoms with Crippen LogP contribution in [-0.2, 0) is 11.3 Å². The normalized spacial score (nSPS) is 10.9. The van der Waals surface area contributed by atoms with Gasteiger partial charge in [0, 0.05) is 31.9 Å². The molecule has 1 heterocycles. The number of guanidine groups is 1. The smallest absolute Gasteiger partial charge is 0.221 e.